The number of benzene rings is 1. The van der Waals surface area contributed by atoms with Crippen LogP contribution in [0.4, 0.5) is 4.39 Å². The zero-order valence-electron chi connectivity index (χ0n) is 6.34. The summed E-state index contributed by atoms with van der Waals surface area (Å²) in [6.45, 7) is -0.133. The fourth-order valence-corrected chi connectivity index (χ4v) is 1.34. The minimum atomic E-state index is -0.325. The van der Waals surface area contributed by atoms with Crippen LogP contribution in [0, 0.1) is 5.82 Å². The van der Waals surface area contributed by atoms with E-state index in [1.165, 1.54) is 12.1 Å². The van der Waals surface area contributed by atoms with Crippen molar-refractivity contribution >= 4 is 10.9 Å². The van der Waals surface area contributed by atoms with Crippen LogP contribution in [0.3, 0.4) is 0 Å². The molecule has 0 aliphatic heterocycles. The van der Waals surface area contributed by atoms with Crippen LogP contribution >= 0.6 is 0 Å². The summed E-state index contributed by atoms with van der Waals surface area (Å²) in [5.41, 5.74) is 1.34. The first kappa shape index (κ1) is 7.31. The summed E-state index contributed by atoms with van der Waals surface area (Å²) >= 11 is 0. The van der Waals surface area contributed by atoms with Crippen LogP contribution in [-0.2, 0) is 6.61 Å². The number of hydrogen-bond acceptors (Lipinski definition) is 1. The second kappa shape index (κ2) is 2.60. The van der Waals surface area contributed by atoms with Crippen molar-refractivity contribution in [2.45, 2.75) is 6.61 Å². The topological polar surface area (TPSA) is 36.0 Å². The van der Waals surface area contributed by atoms with Crippen molar-refractivity contribution in [2.24, 2.45) is 0 Å². The number of H-pyrrole nitrogens is 1. The molecule has 0 unspecified atom stereocenters. The molecule has 0 fully saturated rings. The van der Waals surface area contributed by atoms with Crippen LogP contribution in [0.2, 0.25) is 0 Å². The van der Waals surface area contributed by atoms with Crippen molar-refractivity contribution in [1.82, 2.24) is 4.98 Å². The lowest BCUT2D eigenvalue weighted by Crippen LogP contribution is -1.86. The molecule has 12 heavy (non-hydrogen) atoms. The molecule has 2 nitrogen and oxygen atoms in total. The fraction of sp³-hybridized carbons (Fsp3) is 0.111. The van der Waals surface area contributed by atoms with Crippen molar-refractivity contribution in [1.29, 1.82) is 0 Å². The molecule has 0 aliphatic carbocycles. The minimum Gasteiger partial charge on any atom is -0.392 e. The predicted molar refractivity (Wildman–Crippen MR) is 44.2 cm³/mol. The second-order valence-electron chi connectivity index (χ2n) is 2.66. The van der Waals surface area contributed by atoms with Gasteiger partial charge in [0.05, 0.1) is 6.61 Å². The van der Waals surface area contributed by atoms with Crippen molar-refractivity contribution in [2.75, 3.05) is 0 Å². The Morgan fingerprint density at radius 3 is 3.00 bits per heavy atom. The van der Waals surface area contributed by atoms with E-state index in [-0.39, 0.29) is 12.4 Å². The molecule has 1 aromatic heterocycles. The van der Waals surface area contributed by atoms with Gasteiger partial charge in [-0.05, 0) is 23.8 Å². The van der Waals surface area contributed by atoms with Crippen LogP contribution in [0.25, 0.3) is 10.9 Å². The molecule has 0 saturated heterocycles. The van der Waals surface area contributed by atoms with E-state index in [0.717, 1.165) is 10.9 Å². The summed E-state index contributed by atoms with van der Waals surface area (Å²) in [5, 5.41) is 9.77. The van der Waals surface area contributed by atoms with Crippen LogP contribution in [0.15, 0.2) is 24.4 Å². The van der Waals surface area contributed by atoms with Crippen molar-refractivity contribution < 1.29 is 9.50 Å². The molecule has 0 bridgehead atoms. The molecule has 1 aromatic carbocycles. The van der Waals surface area contributed by atoms with Gasteiger partial charge in [-0.3, -0.25) is 0 Å². The van der Waals surface area contributed by atoms with Crippen LogP contribution < -0.4 is 0 Å². The lowest BCUT2D eigenvalue weighted by Gasteiger charge is -1.98. The van der Waals surface area contributed by atoms with E-state index >= 15 is 0 Å². The van der Waals surface area contributed by atoms with Gasteiger partial charge in [0, 0.05) is 17.1 Å². The molecule has 1 heterocycles. The maximum Gasteiger partial charge on any atom is 0.125 e. The highest BCUT2D eigenvalue weighted by atomic mass is 19.1. The molecule has 0 aliphatic rings. The van der Waals surface area contributed by atoms with Crippen LogP contribution in [-0.4, -0.2) is 10.1 Å². The van der Waals surface area contributed by atoms with E-state index < -0.39 is 0 Å². The van der Waals surface area contributed by atoms with E-state index in [0.29, 0.717) is 5.56 Å². The third kappa shape index (κ3) is 0.987. The van der Waals surface area contributed by atoms with Crippen LogP contribution in [0.1, 0.15) is 5.56 Å². The minimum absolute atomic E-state index is 0.133. The smallest absolute Gasteiger partial charge is 0.125 e. The van der Waals surface area contributed by atoms with Gasteiger partial charge in [-0.25, -0.2) is 4.39 Å². The molecular formula is C9H8FNO. The number of aliphatic hydroxyl groups is 1. The molecule has 2 N–H and O–H groups in total. The SMILES string of the molecule is OCc1cc(F)cc2[nH]ccc12. The zero-order chi connectivity index (χ0) is 8.55. The molecule has 0 spiro atoms. The largest absolute Gasteiger partial charge is 0.392 e. The maximum atomic E-state index is 12.8. The Bertz CT molecular complexity index is 408. The summed E-state index contributed by atoms with van der Waals surface area (Å²) in [6, 6.07) is 4.57. The van der Waals surface area contributed by atoms with Gasteiger partial charge in [-0.2, -0.15) is 0 Å². The summed E-state index contributed by atoms with van der Waals surface area (Å²) in [7, 11) is 0. The highest BCUT2D eigenvalue weighted by Crippen LogP contribution is 2.19. The standard InChI is InChI=1S/C9H8FNO/c10-7-3-6(5-12)8-1-2-11-9(8)4-7/h1-4,11-12H,5H2. The van der Waals surface area contributed by atoms with E-state index in [1.807, 2.05) is 6.07 Å². The second-order valence-corrected chi connectivity index (χ2v) is 2.66. The summed E-state index contributed by atoms with van der Waals surface area (Å²) in [6.07, 6.45) is 1.73. The quantitative estimate of drug-likeness (QED) is 0.664. The van der Waals surface area contributed by atoms with E-state index in [9.17, 15) is 4.39 Å². The lowest BCUT2D eigenvalue weighted by atomic mass is 10.1. The van der Waals surface area contributed by atoms with Gasteiger partial charge >= 0.3 is 0 Å². The Morgan fingerprint density at radius 2 is 2.25 bits per heavy atom. The summed E-state index contributed by atoms with van der Waals surface area (Å²) in [4.78, 5) is 2.88. The molecule has 62 valence electrons. The molecule has 2 rings (SSSR count). The summed E-state index contributed by atoms with van der Waals surface area (Å²) in [5.74, 6) is -0.325. The monoisotopic (exact) mass is 165 g/mol. The number of aromatic nitrogens is 1. The molecule has 2 aromatic rings. The molecule has 3 heteroatoms. The molecule has 0 saturated carbocycles. The van der Waals surface area contributed by atoms with Gasteiger partial charge in [-0.15, -0.1) is 0 Å². The number of rotatable bonds is 1. The average Bonchev–Trinajstić information content (AvgIpc) is 2.50. The number of hydrogen-bond donors (Lipinski definition) is 2. The van der Waals surface area contributed by atoms with Gasteiger partial charge in [-0.1, -0.05) is 0 Å². The molecule has 0 amide bonds. The highest BCUT2D eigenvalue weighted by molar-refractivity contribution is 5.82. The first-order chi connectivity index (χ1) is 5.81. The van der Waals surface area contributed by atoms with Crippen molar-refractivity contribution in [3.8, 4) is 0 Å². The average molecular weight is 165 g/mol. The first-order valence-electron chi connectivity index (χ1n) is 3.67. The summed E-state index contributed by atoms with van der Waals surface area (Å²) < 4.78 is 12.8. The van der Waals surface area contributed by atoms with Gasteiger partial charge in [0.25, 0.3) is 0 Å². The highest BCUT2D eigenvalue weighted by Gasteiger charge is 2.02. The third-order valence-corrected chi connectivity index (χ3v) is 1.89. The van der Waals surface area contributed by atoms with Gasteiger partial charge in [0.1, 0.15) is 5.82 Å². The lowest BCUT2D eigenvalue weighted by molar-refractivity contribution is 0.283. The Kier molecular flexibility index (Phi) is 1.59. The van der Waals surface area contributed by atoms with E-state index in [2.05, 4.69) is 4.98 Å². The third-order valence-electron chi connectivity index (χ3n) is 1.89. The predicted octanol–water partition coefficient (Wildman–Crippen LogP) is 1.80. The molecule has 0 atom stereocenters. The Labute approximate surface area is 68.6 Å². The van der Waals surface area contributed by atoms with Crippen molar-refractivity contribution in [3.05, 3.63) is 35.8 Å². The number of fused-ring (bicyclic) bond motifs is 1. The van der Waals surface area contributed by atoms with E-state index in [1.54, 1.807) is 6.20 Å². The fourth-order valence-electron chi connectivity index (χ4n) is 1.34. The van der Waals surface area contributed by atoms with E-state index in [4.69, 9.17) is 5.11 Å². The Hall–Kier alpha value is -1.35. The first-order valence-corrected chi connectivity index (χ1v) is 3.67. The van der Waals surface area contributed by atoms with Crippen molar-refractivity contribution in [3.63, 3.8) is 0 Å². The number of halogens is 1. The molecule has 0 radical (unpaired) electrons. The molecular weight excluding hydrogens is 157 g/mol. The van der Waals surface area contributed by atoms with Gasteiger partial charge < -0.3 is 10.1 Å². The Balaban J connectivity index is 2.80. The normalized spacial score (nSPS) is 10.8. The number of aromatic amines is 1. The Morgan fingerprint density at radius 1 is 1.42 bits per heavy atom. The van der Waals surface area contributed by atoms with Gasteiger partial charge in [0.15, 0.2) is 0 Å². The number of aliphatic hydroxyl groups excluding tert-OH is 1. The maximum absolute atomic E-state index is 12.8. The zero-order valence-corrected chi connectivity index (χ0v) is 6.34. The van der Waals surface area contributed by atoms with Gasteiger partial charge in [0.2, 0.25) is 0 Å². The number of nitrogens with one attached hydrogen (secondary N) is 1. The van der Waals surface area contributed by atoms with Crippen LogP contribution in [0.5, 0.6) is 0 Å².